The summed E-state index contributed by atoms with van der Waals surface area (Å²) in [5.41, 5.74) is 7.68. The minimum atomic E-state index is -0.500. The zero-order valence-electron chi connectivity index (χ0n) is 14.4. The number of carbonyl (C=O) groups excluding carboxylic acids is 1. The number of hydrogen-bond acceptors (Lipinski definition) is 6. The molecule has 0 aliphatic heterocycles. The minimum Gasteiger partial charge on any atom is -0.494 e. The first-order chi connectivity index (χ1) is 11.6. The van der Waals surface area contributed by atoms with Crippen LogP contribution in [-0.4, -0.2) is 35.5 Å². The summed E-state index contributed by atoms with van der Waals surface area (Å²) >= 11 is 3.07. The number of rotatable bonds is 9. The van der Waals surface area contributed by atoms with Crippen LogP contribution in [0.25, 0.3) is 11.3 Å². The molecule has 5 nitrogen and oxygen atoms in total. The first-order valence-electron chi connectivity index (χ1n) is 7.88. The Hall–Kier alpha value is -1.28. The number of carbonyl (C=O) groups is 1. The van der Waals surface area contributed by atoms with Crippen molar-refractivity contribution < 1.29 is 9.53 Å². The number of thiazole rings is 1. The predicted molar refractivity (Wildman–Crippen MR) is 110 cm³/mol. The Morgan fingerprint density at radius 2 is 2.12 bits per heavy atom. The number of ether oxygens (including phenoxy) is 1. The van der Waals surface area contributed by atoms with Gasteiger partial charge in [-0.2, -0.15) is 11.8 Å². The summed E-state index contributed by atoms with van der Waals surface area (Å²) in [5, 5.41) is 5.28. The topological polar surface area (TPSA) is 77.2 Å². The van der Waals surface area contributed by atoms with Gasteiger partial charge in [0.2, 0.25) is 5.91 Å². The quantitative estimate of drug-likeness (QED) is 0.663. The van der Waals surface area contributed by atoms with E-state index in [2.05, 4.69) is 17.2 Å². The maximum Gasteiger partial charge on any atom is 0.243 e. The molecule has 0 saturated heterocycles. The molecule has 3 N–H and O–H groups in total. The Kier molecular flexibility index (Phi) is 9.89. The van der Waals surface area contributed by atoms with Gasteiger partial charge in [0.1, 0.15) is 5.75 Å². The fourth-order valence-corrected chi connectivity index (χ4v) is 3.19. The van der Waals surface area contributed by atoms with E-state index in [1.807, 2.05) is 35.9 Å². The lowest BCUT2D eigenvalue weighted by Crippen LogP contribution is -2.36. The molecule has 0 unspecified atom stereocenters. The highest BCUT2D eigenvalue weighted by Gasteiger charge is 2.15. The molecule has 1 aromatic carbocycles. The molecule has 1 aromatic heterocycles. The van der Waals surface area contributed by atoms with Crippen molar-refractivity contribution in [3.8, 4) is 17.0 Å². The summed E-state index contributed by atoms with van der Waals surface area (Å²) in [6.07, 6.45) is 3.64. The first-order valence-corrected chi connectivity index (χ1v) is 10.2. The van der Waals surface area contributed by atoms with Crippen LogP contribution in [0.3, 0.4) is 0 Å². The van der Waals surface area contributed by atoms with Crippen LogP contribution in [0.15, 0.2) is 29.6 Å². The Morgan fingerprint density at radius 1 is 1.40 bits per heavy atom. The molecule has 25 heavy (non-hydrogen) atoms. The van der Waals surface area contributed by atoms with E-state index in [0.29, 0.717) is 18.2 Å². The molecule has 8 heteroatoms. The van der Waals surface area contributed by atoms with E-state index in [4.69, 9.17) is 10.5 Å². The lowest BCUT2D eigenvalue weighted by Gasteiger charge is -2.09. The second kappa shape index (κ2) is 11.4. The predicted octanol–water partition coefficient (Wildman–Crippen LogP) is 4.04. The minimum absolute atomic E-state index is 0. The largest absolute Gasteiger partial charge is 0.494 e. The van der Waals surface area contributed by atoms with Crippen molar-refractivity contribution in [3.63, 3.8) is 0 Å². The number of aromatic nitrogens is 1. The van der Waals surface area contributed by atoms with Crippen LogP contribution >= 0.6 is 35.5 Å². The highest BCUT2D eigenvalue weighted by molar-refractivity contribution is 7.98. The van der Waals surface area contributed by atoms with Crippen molar-refractivity contribution >= 4 is 46.5 Å². The van der Waals surface area contributed by atoms with Crippen molar-refractivity contribution in [3.05, 3.63) is 29.6 Å². The van der Waals surface area contributed by atoms with Crippen molar-refractivity contribution in [2.24, 2.45) is 5.73 Å². The number of nitrogens with zero attached hydrogens (tertiary/aromatic N) is 1. The van der Waals surface area contributed by atoms with Gasteiger partial charge < -0.3 is 15.8 Å². The molecule has 0 aliphatic rings. The normalized spacial score (nSPS) is 11.5. The fourth-order valence-electron chi connectivity index (χ4n) is 1.98. The lowest BCUT2D eigenvalue weighted by atomic mass is 10.2. The van der Waals surface area contributed by atoms with Crippen molar-refractivity contribution in [2.45, 2.75) is 25.8 Å². The molecule has 2 aromatic rings. The van der Waals surface area contributed by atoms with Crippen LogP contribution in [0.2, 0.25) is 0 Å². The van der Waals surface area contributed by atoms with Crippen LogP contribution in [0, 0.1) is 0 Å². The molecule has 0 aliphatic carbocycles. The van der Waals surface area contributed by atoms with E-state index >= 15 is 0 Å². The van der Waals surface area contributed by atoms with Gasteiger partial charge in [0, 0.05) is 10.9 Å². The Bertz CT molecular complexity index is 650. The molecule has 0 spiro atoms. The van der Waals surface area contributed by atoms with Crippen LogP contribution in [0.5, 0.6) is 5.75 Å². The number of nitrogens with one attached hydrogen (secondary N) is 1. The Labute approximate surface area is 163 Å². The molecule has 1 heterocycles. The summed E-state index contributed by atoms with van der Waals surface area (Å²) in [7, 11) is 0. The van der Waals surface area contributed by atoms with Gasteiger partial charge >= 0.3 is 0 Å². The summed E-state index contributed by atoms with van der Waals surface area (Å²) < 4.78 is 5.57. The third-order valence-corrected chi connectivity index (χ3v) is 4.73. The summed E-state index contributed by atoms with van der Waals surface area (Å²) in [6, 6.07) is 7.30. The van der Waals surface area contributed by atoms with Gasteiger partial charge in [-0.15, -0.1) is 23.7 Å². The van der Waals surface area contributed by atoms with Crippen molar-refractivity contribution in [2.75, 3.05) is 23.9 Å². The molecular weight excluding hydrogens is 378 g/mol. The highest BCUT2D eigenvalue weighted by atomic mass is 35.5. The van der Waals surface area contributed by atoms with E-state index < -0.39 is 6.04 Å². The maximum atomic E-state index is 12.0. The van der Waals surface area contributed by atoms with Crippen LogP contribution in [-0.2, 0) is 4.79 Å². The number of anilines is 1. The number of halogens is 1. The average molecular weight is 402 g/mol. The van der Waals surface area contributed by atoms with E-state index in [1.165, 1.54) is 11.3 Å². The molecule has 0 saturated carbocycles. The molecule has 138 valence electrons. The molecular formula is C17H24ClN3O2S2. The third kappa shape index (κ3) is 6.86. The molecule has 0 bridgehead atoms. The van der Waals surface area contributed by atoms with E-state index in [0.717, 1.165) is 29.2 Å². The molecule has 0 radical (unpaired) electrons. The lowest BCUT2D eigenvalue weighted by molar-refractivity contribution is -0.117. The van der Waals surface area contributed by atoms with Gasteiger partial charge in [-0.05, 0) is 49.1 Å². The third-order valence-electron chi connectivity index (χ3n) is 3.33. The second-order valence-corrected chi connectivity index (χ2v) is 7.13. The van der Waals surface area contributed by atoms with Gasteiger partial charge in [0.15, 0.2) is 5.13 Å². The van der Waals surface area contributed by atoms with E-state index in [9.17, 15) is 4.79 Å². The van der Waals surface area contributed by atoms with Crippen LogP contribution in [0.1, 0.15) is 19.8 Å². The van der Waals surface area contributed by atoms with Gasteiger partial charge in [0.25, 0.3) is 0 Å². The summed E-state index contributed by atoms with van der Waals surface area (Å²) in [4.78, 5) is 16.5. The Balaban J connectivity index is 0.00000312. The summed E-state index contributed by atoms with van der Waals surface area (Å²) in [5.74, 6) is 1.53. The van der Waals surface area contributed by atoms with Crippen LogP contribution < -0.4 is 15.8 Å². The van der Waals surface area contributed by atoms with E-state index in [-0.39, 0.29) is 18.3 Å². The summed E-state index contributed by atoms with van der Waals surface area (Å²) in [6.45, 7) is 2.79. The molecule has 2 rings (SSSR count). The number of nitrogens with two attached hydrogens (primary N) is 1. The average Bonchev–Trinajstić information content (AvgIpc) is 3.06. The number of amides is 1. The monoisotopic (exact) mass is 401 g/mol. The van der Waals surface area contributed by atoms with Gasteiger partial charge in [0.05, 0.1) is 18.3 Å². The smallest absolute Gasteiger partial charge is 0.243 e. The zero-order chi connectivity index (χ0) is 17.4. The Morgan fingerprint density at radius 3 is 2.76 bits per heavy atom. The van der Waals surface area contributed by atoms with Crippen molar-refractivity contribution in [1.29, 1.82) is 0 Å². The van der Waals surface area contributed by atoms with Gasteiger partial charge in [-0.1, -0.05) is 6.92 Å². The van der Waals surface area contributed by atoms with E-state index in [1.54, 1.807) is 11.8 Å². The molecule has 1 atom stereocenters. The highest BCUT2D eigenvalue weighted by Crippen LogP contribution is 2.26. The number of thioether (sulfide) groups is 1. The van der Waals surface area contributed by atoms with Gasteiger partial charge in [-0.25, -0.2) is 4.98 Å². The molecule has 0 fully saturated rings. The fraction of sp³-hybridized carbons (Fsp3) is 0.412. The standard InChI is InChI=1S/C17H23N3O2S2.ClH/c1-3-9-22-13-6-4-12(5-7-13)15-11-24-17(19-15)20-16(21)14(18)8-10-23-2;/h4-7,11,14H,3,8-10,18H2,1-2H3,(H,19,20,21);1H/t14-;/m0./s1. The maximum absolute atomic E-state index is 12.0. The number of hydrogen-bond donors (Lipinski definition) is 2. The SMILES string of the molecule is CCCOc1ccc(-c2csc(NC(=O)[C@@H](N)CCSC)n2)cc1.Cl. The first kappa shape index (κ1) is 21.8. The number of benzene rings is 1. The van der Waals surface area contributed by atoms with Crippen molar-refractivity contribution in [1.82, 2.24) is 4.98 Å². The van der Waals surface area contributed by atoms with Crippen LogP contribution in [0.4, 0.5) is 5.13 Å². The van der Waals surface area contributed by atoms with Gasteiger partial charge in [-0.3, -0.25) is 4.79 Å². The second-order valence-electron chi connectivity index (χ2n) is 5.29. The zero-order valence-corrected chi connectivity index (χ0v) is 16.8. The molecule has 1 amide bonds.